The smallest absolute Gasteiger partial charge is 0.255 e. The van der Waals surface area contributed by atoms with Gasteiger partial charge in [0.25, 0.3) is 5.91 Å². The van der Waals surface area contributed by atoms with E-state index in [4.69, 9.17) is 5.73 Å². The van der Waals surface area contributed by atoms with Crippen molar-refractivity contribution in [2.45, 2.75) is 6.54 Å². The average Bonchev–Trinajstić information content (AvgIpc) is 2.85. The van der Waals surface area contributed by atoms with Gasteiger partial charge in [-0.2, -0.15) is 0 Å². The summed E-state index contributed by atoms with van der Waals surface area (Å²) in [5.41, 5.74) is 5.99. The van der Waals surface area contributed by atoms with Crippen LogP contribution < -0.4 is 11.1 Å². The molecule has 0 saturated carbocycles. The number of nitrogens with two attached hydrogens (primary N) is 1. The monoisotopic (exact) mass is 310 g/mol. The molecule has 7 nitrogen and oxygen atoms in total. The Labute approximate surface area is 112 Å². The second-order valence-corrected chi connectivity index (χ2v) is 4.42. The number of carbonyl (C=O) groups excluding carboxylic acids is 1. The largest absolute Gasteiger partial charge is 0.383 e. The van der Waals surface area contributed by atoms with Crippen LogP contribution in [-0.2, 0) is 6.54 Å². The highest BCUT2D eigenvalue weighted by Gasteiger charge is 2.10. The minimum absolute atomic E-state index is 0.205. The van der Waals surface area contributed by atoms with E-state index in [1.54, 1.807) is 29.3 Å². The highest BCUT2D eigenvalue weighted by Crippen LogP contribution is 2.15. The van der Waals surface area contributed by atoms with E-state index in [0.717, 1.165) is 0 Å². The number of anilines is 1. The van der Waals surface area contributed by atoms with Crippen molar-refractivity contribution in [3.05, 3.63) is 34.7 Å². The Morgan fingerprint density at radius 1 is 1.56 bits per heavy atom. The van der Waals surface area contributed by atoms with Crippen molar-refractivity contribution in [1.29, 1.82) is 0 Å². The molecule has 0 saturated heterocycles. The van der Waals surface area contributed by atoms with E-state index in [-0.39, 0.29) is 11.7 Å². The van der Waals surface area contributed by atoms with E-state index in [0.29, 0.717) is 23.1 Å². The van der Waals surface area contributed by atoms with Gasteiger partial charge in [-0.15, -0.1) is 5.10 Å². The van der Waals surface area contributed by atoms with Gasteiger partial charge in [0.2, 0.25) is 0 Å². The van der Waals surface area contributed by atoms with Gasteiger partial charge in [-0.05, 0) is 22.0 Å². The number of amides is 1. The number of carbonyl (C=O) groups is 1. The molecule has 94 valence electrons. The van der Waals surface area contributed by atoms with E-state index in [1.165, 1.54) is 0 Å². The van der Waals surface area contributed by atoms with Gasteiger partial charge in [-0.1, -0.05) is 5.21 Å². The zero-order valence-electron chi connectivity index (χ0n) is 9.38. The lowest BCUT2D eigenvalue weighted by Gasteiger charge is -2.07. The van der Waals surface area contributed by atoms with Crippen molar-refractivity contribution in [2.24, 2.45) is 0 Å². The maximum absolute atomic E-state index is 11.8. The first-order valence-corrected chi connectivity index (χ1v) is 5.99. The molecule has 0 spiro atoms. The number of nitrogen functional groups attached to an aromatic ring is 1. The second-order valence-electron chi connectivity index (χ2n) is 3.51. The van der Waals surface area contributed by atoms with Crippen LogP contribution in [0.1, 0.15) is 10.4 Å². The predicted octanol–water partition coefficient (Wildman–Crippen LogP) is 0.448. The Hall–Kier alpha value is -1.96. The molecule has 0 atom stereocenters. The lowest BCUT2D eigenvalue weighted by Crippen LogP contribution is -2.28. The van der Waals surface area contributed by atoms with Gasteiger partial charge in [0.1, 0.15) is 5.82 Å². The lowest BCUT2D eigenvalue weighted by molar-refractivity contribution is 0.0952. The molecule has 0 aromatic carbocycles. The normalized spacial score (nSPS) is 10.3. The fourth-order valence-electron chi connectivity index (χ4n) is 1.36. The average molecular weight is 311 g/mol. The van der Waals surface area contributed by atoms with Crippen LogP contribution in [0, 0.1) is 0 Å². The first-order chi connectivity index (χ1) is 8.66. The van der Waals surface area contributed by atoms with Gasteiger partial charge >= 0.3 is 0 Å². The SMILES string of the molecule is Nc1ncc(Br)cc1C(=O)NCCn1ccnn1. The number of rotatable bonds is 4. The van der Waals surface area contributed by atoms with Gasteiger partial charge < -0.3 is 11.1 Å². The fraction of sp³-hybridized carbons (Fsp3) is 0.200. The maximum atomic E-state index is 11.8. The quantitative estimate of drug-likeness (QED) is 0.854. The van der Waals surface area contributed by atoms with E-state index >= 15 is 0 Å². The summed E-state index contributed by atoms with van der Waals surface area (Å²) >= 11 is 3.24. The number of nitrogens with one attached hydrogen (secondary N) is 1. The Bertz CT molecular complexity index is 541. The number of hydrogen-bond acceptors (Lipinski definition) is 5. The van der Waals surface area contributed by atoms with Crippen LogP contribution in [0.3, 0.4) is 0 Å². The van der Waals surface area contributed by atoms with Crippen LogP contribution in [0.15, 0.2) is 29.1 Å². The molecule has 0 fully saturated rings. The number of nitrogens with zero attached hydrogens (tertiary/aromatic N) is 4. The van der Waals surface area contributed by atoms with Crippen LogP contribution in [-0.4, -0.2) is 32.4 Å². The standard InChI is InChI=1S/C10H11BrN6O/c11-7-5-8(9(12)14-6-7)10(18)13-1-3-17-4-2-15-16-17/h2,4-6H,1,3H2,(H2,12,14)(H,13,18). The van der Waals surface area contributed by atoms with Gasteiger partial charge in [0, 0.05) is 23.4 Å². The van der Waals surface area contributed by atoms with Crippen molar-refractivity contribution in [3.63, 3.8) is 0 Å². The molecule has 0 radical (unpaired) electrons. The number of pyridine rings is 1. The predicted molar refractivity (Wildman–Crippen MR) is 68.7 cm³/mol. The molecule has 2 heterocycles. The molecular weight excluding hydrogens is 300 g/mol. The van der Waals surface area contributed by atoms with Crippen LogP contribution in [0.4, 0.5) is 5.82 Å². The Balaban J connectivity index is 1.93. The molecule has 0 aliphatic heterocycles. The molecule has 2 aromatic heterocycles. The lowest BCUT2D eigenvalue weighted by atomic mass is 10.2. The Morgan fingerprint density at radius 3 is 3.11 bits per heavy atom. The van der Waals surface area contributed by atoms with Gasteiger partial charge in [0.05, 0.1) is 18.3 Å². The molecule has 0 aliphatic carbocycles. The summed E-state index contributed by atoms with van der Waals surface area (Å²) in [6.45, 7) is 0.987. The molecule has 18 heavy (non-hydrogen) atoms. The number of aromatic nitrogens is 4. The minimum atomic E-state index is -0.263. The first-order valence-electron chi connectivity index (χ1n) is 5.20. The second kappa shape index (κ2) is 5.58. The summed E-state index contributed by atoms with van der Waals surface area (Å²) in [5.74, 6) is -0.0575. The third kappa shape index (κ3) is 3.04. The zero-order chi connectivity index (χ0) is 13.0. The minimum Gasteiger partial charge on any atom is -0.383 e. The molecule has 2 rings (SSSR count). The summed E-state index contributed by atoms with van der Waals surface area (Å²) in [6, 6.07) is 1.63. The van der Waals surface area contributed by atoms with Crippen molar-refractivity contribution in [2.75, 3.05) is 12.3 Å². The highest BCUT2D eigenvalue weighted by atomic mass is 79.9. The van der Waals surface area contributed by atoms with Crippen molar-refractivity contribution >= 4 is 27.7 Å². The van der Waals surface area contributed by atoms with E-state index < -0.39 is 0 Å². The third-order valence-corrected chi connectivity index (χ3v) is 2.66. The molecule has 8 heteroatoms. The van der Waals surface area contributed by atoms with Gasteiger partial charge in [-0.3, -0.25) is 9.48 Å². The first kappa shape index (κ1) is 12.5. The van der Waals surface area contributed by atoms with E-state index in [1.807, 2.05) is 0 Å². The van der Waals surface area contributed by atoms with Crippen LogP contribution in [0.5, 0.6) is 0 Å². The maximum Gasteiger partial charge on any atom is 0.255 e. The van der Waals surface area contributed by atoms with Crippen molar-refractivity contribution in [1.82, 2.24) is 25.3 Å². The molecular formula is C10H11BrN6O. The molecule has 0 bridgehead atoms. The topological polar surface area (TPSA) is 98.7 Å². The third-order valence-electron chi connectivity index (χ3n) is 2.23. The Kier molecular flexibility index (Phi) is 3.88. The van der Waals surface area contributed by atoms with Crippen LogP contribution >= 0.6 is 15.9 Å². The number of hydrogen-bond donors (Lipinski definition) is 2. The van der Waals surface area contributed by atoms with Gasteiger partial charge in [-0.25, -0.2) is 4.98 Å². The number of halogens is 1. The molecule has 0 aliphatic rings. The summed E-state index contributed by atoms with van der Waals surface area (Å²) < 4.78 is 2.33. The summed E-state index contributed by atoms with van der Waals surface area (Å²) in [7, 11) is 0. The fourth-order valence-corrected chi connectivity index (χ4v) is 1.69. The summed E-state index contributed by atoms with van der Waals surface area (Å²) in [5, 5.41) is 10.2. The van der Waals surface area contributed by atoms with Gasteiger partial charge in [0.15, 0.2) is 0 Å². The molecule has 3 N–H and O–H groups in total. The molecule has 1 amide bonds. The van der Waals surface area contributed by atoms with E-state index in [2.05, 4.69) is 36.5 Å². The van der Waals surface area contributed by atoms with Crippen LogP contribution in [0.25, 0.3) is 0 Å². The van der Waals surface area contributed by atoms with Crippen LogP contribution in [0.2, 0.25) is 0 Å². The van der Waals surface area contributed by atoms with E-state index in [9.17, 15) is 4.79 Å². The zero-order valence-corrected chi connectivity index (χ0v) is 11.0. The Morgan fingerprint density at radius 2 is 2.39 bits per heavy atom. The summed E-state index contributed by atoms with van der Waals surface area (Å²) in [4.78, 5) is 15.7. The highest BCUT2D eigenvalue weighted by molar-refractivity contribution is 9.10. The molecule has 0 unspecified atom stereocenters. The van der Waals surface area contributed by atoms with Crippen molar-refractivity contribution in [3.8, 4) is 0 Å². The molecule has 2 aromatic rings. The summed E-state index contributed by atoms with van der Waals surface area (Å²) in [6.07, 6.45) is 4.85. The van der Waals surface area contributed by atoms with Crippen molar-refractivity contribution < 1.29 is 4.79 Å².